The second-order valence-electron chi connectivity index (χ2n) is 6.04. The van der Waals surface area contributed by atoms with Crippen LogP contribution in [0.15, 0.2) is 10.9 Å². The van der Waals surface area contributed by atoms with E-state index in [2.05, 4.69) is 9.97 Å². The summed E-state index contributed by atoms with van der Waals surface area (Å²) in [7, 11) is 0. The highest BCUT2D eigenvalue weighted by molar-refractivity contribution is 5.95. The van der Waals surface area contributed by atoms with Gasteiger partial charge in [-0.3, -0.25) is 4.79 Å². The van der Waals surface area contributed by atoms with Gasteiger partial charge in [0.2, 0.25) is 0 Å². The van der Waals surface area contributed by atoms with Crippen molar-refractivity contribution in [3.05, 3.63) is 27.9 Å². The van der Waals surface area contributed by atoms with Gasteiger partial charge in [0.25, 0.3) is 5.91 Å². The van der Waals surface area contributed by atoms with E-state index in [1.165, 1.54) is 4.90 Å². The van der Waals surface area contributed by atoms with Crippen LogP contribution < -0.4 is 5.69 Å². The summed E-state index contributed by atoms with van der Waals surface area (Å²) < 4.78 is 0. The van der Waals surface area contributed by atoms with E-state index in [4.69, 9.17) is 0 Å². The smallest absolute Gasteiger partial charge is 0.345 e. The number of piperidine rings is 1. The molecule has 1 aromatic heterocycles. The lowest BCUT2D eigenvalue weighted by Gasteiger charge is -2.32. The predicted octanol–water partition coefficient (Wildman–Crippen LogP) is 1.05. The molecule has 1 aliphatic rings. The minimum absolute atomic E-state index is 0.0209. The number of nitrogens with zero attached hydrogens (tertiary/aromatic N) is 2. The van der Waals surface area contributed by atoms with Crippen LogP contribution in [0.4, 0.5) is 0 Å². The van der Waals surface area contributed by atoms with Crippen LogP contribution in [0.2, 0.25) is 0 Å². The highest BCUT2D eigenvalue weighted by Gasteiger charge is 2.33. The number of hydrogen-bond acceptors (Lipinski definition) is 4. The summed E-state index contributed by atoms with van der Waals surface area (Å²) in [4.78, 5) is 43.1. The van der Waals surface area contributed by atoms with Crippen molar-refractivity contribution in [2.75, 3.05) is 6.54 Å². The van der Waals surface area contributed by atoms with E-state index in [0.29, 0.717) is 31.0 Å². The summed E-state index contributed by atoms with van der Waals surface area (Å²) in [6.45, 7) is 4.39. The Labute approximate surface area is 128 Å². The molecule has 0 saturated carbocycles. The Hall–Kier alpha value is -2.18. The first-order valence-corrected chi connectivity index (χ1v) is 7.52. The Morgan fingerprint density at radius 3 is 2.82 bits per heavy atom. The maximum Gasteiger partial charge on any atom is 0.345 e. The van der Waals surface area contributed by atoms with Gasteiger partial charge in [0.15, 0.2) is 0 Å². The van der Waals surface area contributed by atoms with E-state index in [-0.39, 0.29) is 5.69 Å². The molecule has 1 aromatic rings. The monoisotopic (exact) mass is 307 g/mol. The first-order chi connectivity index (χ1) is 10.4. The lowest BCUT2D eigenvalue weighted by molar-refractivity contribution is -0.143. The van der Waals surface area contributed by atoms with Crippen molar-refractivity contribution in [3.8, 4) is 0 Å². The number of hydrogen-bond donors (Lipinski definition) is 2. The minimum atomic E-state index is -1.01. The van der Waals surface area contributed by atoms with Crippen LogP contribution in [0.1, 0.15) is 49.3 Å². The fourth-order valence-electron chi connectivity index (χ4n) is 2.75. The number of rotatable bonds is 4. The van der Waals surface area contributed by atoms with Crippen LogP contribution in [0.3, 0.4) is 0 Å². The first-order valence-electron chi connectivity index (χ1n) is 7.52. The predicted molar refractivity (Wildman–Crippen MR) is 79.7 cm³/mol. The quantitative estimate of drug-likeness (QED) is 0.865. The molecule has 0 spiro atoms. The van der Waals surface area contributed by atoms with Crippen LogP contribution in [-0.4, -0.2) is 44.4 Å². The number of carboxylic acid groups (broad SMARTS) is 1. The molecule has 0 aromatic carbocycles. The second kappa shape index (κ2) is 6.72. The van der Waals surface area contributed by atoms with Gasteiger partial charge < -0.3 is 15.0 Å². The van der Waals surface area contributed by atoms with Crippen molar-refractivity contribution in [1.82, 2.24) is 14.9 Å². The molecular weight excluding hydrogens is 286 g/mol. The number of carboxylic acids is 1. The number of carbonyl (C=O) groups is 2. The molecule has 0 radical (unpaired) electrons. The molecule has 2 heterocycles. The molecular formula is C15H21N3O4. The van der Waals surface area contributed by atoms with E-state index in [9.17, 15) is 19.5 Å². The van der Waals surface area contributed by atoms with Crippen molar-refractivity contribution in [2.24, 2.45) is 5.92 Å². The Morgan fingerprint density at radius 2 is 2.18 bits per heavy atom. The van der Waals surface area contributed by atoms with Crippen LogP contribution in [0.5, 0.6) is 0 Å². The number of H-pyrrole nitrogens is 1. The first kappa shape index (κ1) is 16.2. The Balaban J connectivity index is 2.29. The topological polar surface area (TPSA) is 103 Å². The van der Waals surface area contributed by atoms with E-state index < -0.39 is 23.6 Å². The third-order valence-corrected chi connectivity index (χ3v) is 3.70. The molecule has 0 bridgehead atoms. The zero-order valence-electron chi connectivity index (χ0n) is 12.8. The van der Waals surface area contributed by atoms with Gasteiger partial charge in [-0.05, 0) is 37.7 Å². The number of nitrogens with one attached hydrogen (secondary N) is 1. The van der Waals surface area contributed by atoms with Gasteiger partial charge >= 0.3 is 11.7 Å². The van der Waals surface area contributed by atoms with Crippen molar-refractivity contribution in [3.63, 3.8) is 0 Å². The van der Waals surface area contributed by atoms with Crippen molar-refractivity contribution in [2.45, 2.75) is 45.6 Å². The van der Waals surface area contributed by atoms with Crippen LogP contribution in [0, 0.1) is 5.92 Å². The molecule has 120 valence electrons. The molecule has 1 atom stereocenters. The summed E-state index contributed by atoms with van der Waals surface area (Å²) in [5, 5.41) is 9.25. The van der Waals surface area contributed by atoms with Crippen molar-refractivity contribution < 1.29 is 14.7 Å². The maximum absolute atomic E-state index is 12.6. The zero-order chi connectivity index (χ0) is 16.3. The van der Waals surface area contributed by atoms with Gasteiger partial charge in [-0.1, -0.05) is 13.8 Å². The van der Waals surface area contributed by atoms with Gasteiger partial charge in [-0.15, -0.1) is 0 Å². The molecule has 22 heavy (non-hydrogen) atoms. The summed E-state index contributed by atoms with van der Waals surface area (Å²) in [6, 6.07) is 0.716. The van der Waals surface area contributed by atoms with Gasteiger partial charge in [0, 0.05) is 12.2 Å². The number of amides is 1. The highest BCUT2D eigenvalue weighted by atomic mass is 16.4. The summed E-state index contributed by atoms with van der Waals surface area (Å²) >= 11 is 0. The molecule has 2 rings (SSSR count). The van der Waals surface area contributed by atoms with Crippen molar-refractivity contribution >= 4 is 11.9 Å². The lowest BCUT2D eigenvalue weighted by Crippen LogP contribution is -2.48. The van der Waals surface area contributed by atoms with Crippen molar-refractivity contribution in [1.29, 1.82) is 0 Å². The number of carbonyl (C=O) groups excluding carboxylic acids is 1. The third kappa shape index (κ3) is 3.72. The largest absolute Gasteiger partial charge is 0.480 e. The normalized spacial score (nSPS) is 18.5. The molecule has 7 nitrogen and oxygen atoms in total. The SMILES string of the molecule is CC(C)Cc1cc(C(=O)N2CCCCC2C(=O)O)nc(=O)[nH]1. The standard InChI is InChI=1S/C15H21N3O4/c1-9(2)7-10-8-11(17-15(22)16-10)13(19)18-6-4-3-5-12(18)14(20)21/h8-9,12H,3-7H2,1-2H3,(H,20,21)(H,16,17,22). The fraction of sp³-hybridized carbons (Fsp3) is 0.600. The van der Waals surface area contributed by atoms with E-state index in [1.807, 2.05) is 13.8 Å². The molecule has 1 fully saturated rings. The second-order valence-corrected chi connectivity index (χ2v) is 6.04. The van der Waals surface area contributed by atoms with E-state index in [0.717, 1.165) is 12.8 Å². The minimum Gasteiger partial charge on any atom is -0.480 e. The highest BCUT2D eigenvalue weighted by Crippen LogP contribution is 2.19. The van der Waals surface area contributed by atoms with Gasteiger partial charge in [-0.2, -0.15) is 4.98 Å². The van der Waals surface area contributed by atoms with Gasteiger partial charge in [0.1, 0.15) is 11.7 Å². The average Bonchev–Trinajstić information content (AvgIpc) is 2.45. The van der Waals surface area contributed by atoms with Crippen LogP contribution >= 0.6 is 0 Å². The zero-order valence-corrected chi connectivity index (χ0v) is 12.8. The Bertz CT molecular complexity index is 623. The third-order valence-electron chi connectivity index (χ3n) is 3.70. The average molecular weight is 307 g/mol. The maximum atomic E-state index is 12.6. The number of aromatic amines is 1. The Kier molecular flexibility index (Phi) is 4.95. The van der Waals surface area contributed by atoms with E-state index in [1.54, 1.807) is 6.07 Å². The molecule has 1 saturated heterocycles. The van der Waals surface area contributed by atoms with E-state index >= 15 is 0 Å². The molecule has 1 aliphatic heterocycles. The van der Waals surface area contributed by atoms with Crippen LogP contribution in [0.25, 0.3) is 0 Å². The molecule has 1 amide bonds. The summed E-state index contributed by atoms with van der Waals surface area (Å²) in [5.74, 6) is -1.17. The molecule has 2 N–H and O–H groups in total. The lowest BCUT2D eigenvalue weighted by atomic mass is 10.0. The fourth-order valence-corrected chi connectivity index (χ4v) is 2.75. The number of aromatic nitrogens is 2. The number of likely N-dealkylation sites (tertiary alicyclic amines) is 1. The molecule has 7 heteroatoms. The number of aliphatic carboxylic acids is 1. The summed E-state index contributed by atoms with van der Waals surface area (Å²) in [5.41, 5.74) is 0.0835. The van der Waals surface area contributed by atoms with Gasteiger partial charge in [-0.25, -0.2) is 9.59 Å². The summed E-state index contributed by atoms with van der Waals surface area (Å²) in [6.07, 6.45) is 2.60. The molecule has 1 unspecified atom stereocenters. The van der Waals surface area contributed by atoms with Gasteiger partial charge in [0.05, 0.1) is 0 Å². The Morgan fingerprint density at radius 1 is 1.45 bits per heavy atom. The van der Waals surface area contributed by atoms with Crippen LogP contribution in [-0.2, 0) is 11.2 Å². The molecule has 0 aliphatic carbocycles.